The molecule has 5 heteroatoms. The highest BCUT2D eigenvalue weighted by Crippen LogP contribution is 2.42. The van der Waals surface area contributed by atoms with Crippen LogP contribution in [-0.2, 0) is 11.3 Å². The van der Waals surface area contributed by atoms with Gasteiger partial charge in [0.15, 0.2) is 0 Å². The summed E-state index contributed by atoms with van der Waals surface area (Å²) in [6.45, 7) is 7.78. The van der Waals surface area contributed by atoms with Crippen LogP contribution in [0, 0.1) is 0 Å². The van der Waals surface area contributed by atoms with E-state index in [1.165, 1.54) is 11.1 Å². The third-order valence-electron chi connectivity index (χ3n) is 5.87. The van der Waals surface area contributed by atoms with Gasteiger partial charge in [0.25, 0.3) is 0 Å². The van der Waals surface area contributed by atoms with E-state index in [0.717, 1.165) is 5.56 Å². The number of rotatable bonds is 8. The molecule has 2 aromatic rings. The van der Waals surface area contributed by atoms with Gasteiger partial charge in [0.2, 0.25) is 5.91 Å². The molecule has 0 unspecified atom stereocenters. The lowest BCUT2D eigenvalue weighted by Crippen LogP contribution is -2.66. The first-order valence-electron chi connectivity index (χ1n) is 10.3. The molecule has 1 aromatic heterocycles. The van der Waals surface area contributed by atoms with Gasteiger partial charge in [-0.05, 0) is 36.6 Å². The van der Waals surface area contributed by atoms with Crippen molar-refractivity contribution >= 4 is 12.0 Å². The number of likely N-dealkylation sites (tertiary alicyclic amines) is 1. The minimum absolute atomic E-state index is 0.0263. The van der Waals surface area contributed by atoms with Gasteiger partial charge >= 0.3 is 0 Å². The number of carbonyl (C=O) groups excluding carboxylic acids is 1. The number of aliphatic hydroxyl groups excluding tert-OH is 1. The van der Waals surface area contributed by atoms with Crippen molar-refractivity contribution < 1.29 is 9.90 Å². The summed E-state index contributed by atoms with van der Waals surface area (Å²) in [4.78, 5) is 20.5. The minimum atomic E-state index is 0.0263. The van der Waals surface area contributed by atoms with Gasteiger partial charge in [0.05, 0.1) is 6.61 Å². The average Bonchev–Trinajstić information content (AvgIpc) is 2.73. The Hall–Kier alpha value is -2.50. The molecule has 5 nitrogen and oxygen atoms in total. The van der Waals surface area contributed by atoms with E-state index < -0.39 is 0 Å². The van der Waals surface area contributed by atoms with E-state index in [1.807, 2.05) is 37.1 Å². The number of likely N-dealkylation sites (N-methyl/N-ethyl adjacent to an activating group) is 1. The van der Waals surface area contributed by atoms with Crippen molar-refractivity contribution in [2.24, 2.45) is 0 Å². The Balaban J connectivity index is 1.88. The molecule has 1 amide bonds. The third kappa shape index (κ3) is 4.74. The number of hydrogen-bond acceptors (Lipinski definition) is 4. The summed E-state index contributed by atoms with van der Waals surface area (Å²) < 4.78 is 0. The first-order valence-corrected chi connectivity index (χ1v) is 10.3. The fourth-order valence-electron chi connectivity index (χ4n) is 4.36. The first-order chi connectivity index (χ1) is 14.1. The van der Waals surface area contributed by atoms with Crippen LogP contribution in [0.25, 0.3) is 6.08 Å². The van der Waals surface area contributed by atoms with Crippen LogP contribution in [0.15, 0.2) is 54.9 Å². The number of pyridine rings is 1. The highest BCUT2D eigenvalue weighted by Gasteiger charge is 2.49. The Morgan fingerprint density at radius 2 is 2.00 bits per heavy atom. The fraction of sp³-hybridized carbons (Fsp3) is 0.417. The predicted molar refractivity (Wildman–Crippen MR) is 116 cm³/mol. The van der Waals surface area contributed by atoms with Crippen LogP contribution in [0.2, 0.25) is 0 Å². The van der Waals surface area contributed by atoms with Gasteiger partial charge in [-0.3, -0.25) is 14.7 Å². The quantitative estimate of drug-likeness (QED) is 0.748. The van der Waals surface area contributed by atoms with Gasteiger partial charge in [0.1, 0.15) is 0 Å². The van der Waals surface area contributed by atoms with Crippen LogP contribution in [0.5, 0.6) is 0 Å². The zero-order valence-electron chi connectivity index (χ0n) is 17.5. The molecular formula is C24H31N3O2. The van der Waals surface area contributed by atoms with E-state index in [2.05, 4.69) is 46.3 Å². The molecule has 0 saturated carbocycles. The average molecular weight is 394 g/mol. The van der Waals surface area contributed by atoms with Crippen LogP contribution in [0.4, 0.5) is 0 Å². The fourth-order valence-corrected chi connectivity index (χ4v) is 4.36. The number of allylic oxidation sites excluding steroid dienone is 1. The SMILES string of the molecule is C/C=C/c1ccc([C@@H]2[C@@H](CN(CC)C(C)=O)N(Cc3cccnc3)[C@H]2CO)cc1. The van der Waals surface area contributed by atoms with Crippen LogP contribution in [0.1, 0.15) is 43.4 Å². The van der Waals surface area contributed by atoms with E-state index >= 15 is 0 Å². The second-order valence-electron chi connectivity index (χ2n) is 7.60. The van der Waals surface area contributed by atoms with Crippen molar-refractivity contribution in [3.63, 3.8) is 0 Å². The van der Waals surface area contributed by atoms with Gasteiger partial charge in [-0.1, -0.05) is 42.5 Å². The Morgan fingerprint density at radius 1 is 1.24 bits per heavy atom. The zero-order chi connectivity index (χ0) is 20.8. The molecular weight excluding hydrogens is 362 g/mol. The largest absolute Gasteiger partial charge is 0.395 e. The van der Waals surface area contributed by atoms with Crippen molar-refractivity contribution in [1.29, 1.82) is 0 Å². The second kappa shape index (κ2) is 9.81. The lowest BCUT2D eigenvalue weighted by Gasteiger charge is -2.56. The summed E-state index contributed by atoms with van der Waals surface area (Å²) in [5.41, 5.74) is 3.49. The maximum absolute atomic E-state index is 12.1. The number of carbonyl (C=O) groups is 1. The van der Waals surface area contributed by atoms with Gasteiger partial charge in [-0.25, -0.2) is 0 Å². The lowest BCUT2D eigenvalue weighted by molar-refractivity contribution is -0.132. The van der Waals surface area contributed by atoms with Crippen LogP contribution >= 0.6 is 0 Å². The van der Waals surface area contributed by atoms with Gasteiger partial charge in [-0.2, -0.15) is 0 Å². The summed E-state index contributed by atoms with van der Waals surface area (Å²) in [5, 5.41) is 10.2. The Morgan fingerprint density at radius 3 is 2.55 bits per heavy atom. The highest BCUT2D eigenvalue weighted by atomic mass is 16.3. The molecule has 0 bridgehead atoms. The molecule has 154 valence electrons. The molecule has 1 fully saturated rings. The van der Waals surface area contributed by atoms with E-state index in [-0.39, 0.29) is 30.5 Å². The van der Waals surface area contributed by atoms with E-state index in [0.29, 0.717) is 19.6 Å². The number of amides is 1. The molecule has 0 aliphatic carbocycles. The second-order valence-corrected chi connectivity index (χ2v) is 7.60. The molecule has 0 radical (unpaired) electrons. The van der Waals surface area contributed by atoms with Crippen LogP contribution in [-0.4, -0.2) is 57.6 Å². The standard InChI is InChI=1S/C24H31N3O2/c1-4-7-19-9-11-21(12-10-19)24-22(16-26(5-2)18(3)29)27(23(24)17-28)15-20-8-6-13-25-14-20/h4,6-14,22-24,28H,5,15-17H2,1-3H3/b7-4+/t22-,23+,24-/m1/s1. The Kier molecular flexibility index (Phi) is 7.18. The van der Waals surface area contributed by atoms with E-state index in [4.69, 9.17) is 0 Å². The topological polar surface area (TPSA) is 56.7 Å². The minimum Gasteiger partial charge on any atom is -0.395 e. The van der Waals surface area contributed by atoms with Crippen molar-refractivity contribution in [3.05, 3.63) is 71.6 Å². The molecule has 3 rings (SSSR count). The molecule has 2 heterocycles. The molecule has 0 spiro atoms. The Bertz CT molecular complexity index is 820. The van der Waals surface area contributed by atoms with E-state index in [9.17, 15) is 9.90 Å². The summed E-state index contributed by atoms with van der Waals surface area (Å²) in [7, 11) is 0. The van der Waals surface area contributed by atoms with Gasteiger partial charge in [0, 0.05) is 57.0 Å². The highest BCUT2D eigenvalue weighted by molar-refractivity contribution is 5.73. The van der Waals surface area contributed by atoms with Crippen molar-refractivity contribution in [2.75, 3.05) is 19.7 Å². The smallest absolute Gasteiger partial charge is 0.219 e. The van der Waals surface area contributed by atoms with E-state index in [1.54, 1.807) is 13.1 Å². The summed E-state index contributed by atoms with van der Waals surface area (Å²) >= 11 is 0. The molecule has 1 N–H and O–H groups in total. The predicted octanol–water partition coefficient (Wildman–Crippen LogP) is 3.31. The number of hydrogen-bond donors (Lipinski definition) is 1. The number of benzene rings is 1. The van der Waals surface area contributed by atoms with Crippen molar-refractivity contribution in [3.8, 4) is 0 Å². The Labute approximate surface area is 173 Å². The van der Waals surface area contributed by atoms with Crippen molar-refractivity contribution in [1.82, 2.24) is 14.8 Å². The first kappa shape index (κ1) is 21.2. The lowest BCUT2D eigenvalue weighted by atomic mass is 9.74. The number of aromatic nitrogens is 1. The summed E-state index contributed by atoms with van der Waals surface area (Å²) in [6.07, 6.45) is 7.74. The van der Waals surface area contributed by atoms with Crippen LogP contribution < -0.4 is 0 Å². The molecule has 29 heavy (non-hydrogen) atoms. The molecule has 1 aliphatic rings. The number of nitrogens with zero attached hydrogens (tertiary/aromatic N) is 3. The third-order valence-corrected chi connectivity index (χ3v) is 5.87. The number of aliphatic hydroxyl groups is 1. The summed E-state index contributed by atoms with van der Waals surface area (Å²) in [6, 6.07) is 12.7. The molecule has 1 aliphatic heterocycles. The maximum atomic E-state index is 12.1. The maximum Gasteiger partial charge on any atom is 0.219 e. The molecule has 3 atom stereocenters. The van der Waals surface area contributed by atoms with Gasteiger partial charge < -0.3 is 10.0 Å². The van der Waals surface area contributed by atoms with Crippen LogP contribution in [0.3, 0.4) is 0 Å². The summed E-state index contributed by atoms with van der Waals surface area (Å²) in [5.74, 6) is 0.271. The van der Waals surface area contributed by atoms with Crippen molar-refractivity contribution in [2.45, 2.75) is 45.3 Å². The van der Waals surface area contributed by atoms with Gasteiger partial charge in [-0.15, -0.1) is 0 Å². The normalized spacial score (nSPS) is 21.9. The monoisotopic (exact) mass is 393 g/mol. The molecule has 1 saturated heterocycles. The zero-order valence-corrected chi connectivity index (χ0v) is 17.5. The molecule has 1 aromatic carbocycles.